The Labute approximate surface area is 361 Å². The molecule has 0 saturated heterocycles. The van der Waals surface area contributed by atoms with Crippen molar-refractivity contribution in [2.45, 2.75) is 0 Å². The molecule has 0 spiro atoms. The van der Waals surface area contributed by atoms with E-state index >= 15 is 0 Å². The first-order valence-corrected chi connectivity index (χ1v) is 21.2. The Morgan fingerprint density at radius 2 is 0.683 bits per heavy atom. The standard InChI is InChI=1S/C57H35N5O/c1-3-13-36(14-4-1)41-27-30-45-46-31-28-42(37-15-5-2-6-16-37)35-52(46)62(51(45)34-41)57-59-55(58-56(60-57)61-49-20-10-7-17-43(49)44-18-8-11-21-50(44)61)39-25-23-38(24-26-39)40-29-32-54-48(33-40)47-19-9-12-22-53(47)63-54/h1-35H. The maximum Gasteiger partial charge on any atom is 0.240 e. The lowest BCUT2D eigenvalue weighted by atomic mass is 10.0. The fraction of sp³-hybridized carbons (Fsp3) is 0. The van der Waals surface area contributed by atoms with Crippen LogP contribution in [0.3, 0.4) is 0 Å². The van der Waals surface area contributed by atoms with Crippen LogP contribution in [0.4, 0.5) is 0 Å². The molecule has 0 radical (unpaired) electrons. The Hall–Kier alpha value is -8.61. The molecular weight excluding hydrogens is 771 g/mol. The summed E-state index contributed by atoms with van der Waals surface area (Å²) in [6.45, 7) is 0. The zero-order chi connectivity index (χ0) is 41.4. The minimum absolute atomic E-state index is 0.536. The number of furan rings is 1. The number of fused-ring (bicyclic) bond motifs is 9. The summed E-state index contributed by atoms with van der Waals surface area (Å²) in [7, 11) is 0. The topological polar surface area (TPSA) is 61.7 Å². The van der Waals surface area contributed by atoms with E-state index in [0.29, 0.717) is 17.7 Å². The number of rotatable bonds is 6. The van der Waals surface area contributed by atoms with Crippen LogP contribution in [0.5, 0.6) is 0 Å². The van der Waals surface area contributed by atoms with Crippen LogP contribution in [0.25, 0.3) is 122 Å². The Morgan fingerprint density at radius 1 is 0.270 bits per heavy atom. The lowest BCUT2D eigenvalue weighted by Crippen LogP contribution is -2.10. The molecule has 0 saturated carbocycles. The number of para-hydroxylation sites is 3. The maximum atomic E-state index is 6.14. The van der Waals surface area contributed by atoms with Gasteiger partial charge in [0.1, 0.15) is 11.2 Å². The Morgan fingerprint density at radius 3 is 1.29 bits per heavy atom. The normalized spacial score (nSPS) is 11.8. The number of hydrogen-bond acceptors (Lipinski definition) is 4. The van der Waals surface area contributed by atoms with Gasteiger partial charge in [-0.05, 0) is 75.8 Å². The molecule has 0 atom stereocenters. The van der Waals surface area contributed by atoms with Crippen molar-refractivity contribution < 1.29 is 4.42 Å². The van der Waals surface area contributed by atoms with Crippen LogP contribution in [0.2, 0.25) is 0 Å². The SMILES string of the molecule is c1ccc(-c2ccc3c4ccc(-c5ccccc5)cc4n(-c4nc(-c5ccc(-c6ccc7oc8ccccc8c7c6)cc5)nc(-n5c6ccccc6c6ccccc65)n4)c3c2)cc1. The van der Waals surface area contributed by atoms with Gasteiger partial charge in [0, 0.05) is 37.9 Å². The molecule has 4 aromatic heterocycles. The van der Waals surface area contributed by atoms with Crippen LogP contribution in [0, 0.1) is 0 Å². The van der Waals surface area contributed by atoms with Gasteiger partial charge in [0.2, 0.25) is 11.9 Å². The van der Waals surface area contributed by atoms with Crippen LogP contribution in [-0.4, -0.2) is 24.1 Å². The monoisotopic (exact) mass is 805 g/mol. The van der Waals surface area contributed by atoms with Gasteiger partial charge < -0.3 is 4.42 Å². The smallest absolute Gasteiger partial charge is 0.240 e. The van der Waals surface area contributed by atoms with E-state index in [1.54, 1.807) is 0 Å². The highest BCUT2D eigenvalue weighted by Gasteiger charge is 2.22. The molecule has 13 aromatic rings. The Bertz CT molecular complexity index is 3750. The molecule has 0 aliphatic heterocycles. The molecule has 9 aromatic carbocycles. The van der Waals surface area contributed by atoms with Crippen LogP contribution in [0.1, 0.15) is 0 Å². The maximum absolute atomic E-state index is 6.14. The van der Waals surface area contributed by atoms with Gasteiger partial charge in [0.15, 0.2) is 5.82 Å². The number of benzene rings is 9. The fourth-order valence-corrected chi connectivity index (χ4v) is 9.39. The van der Waals surface area contributed by atoms with Gasteiger partial charge in [-0.2, -0.15) is 15.0 Å². The average Bonchev–Trinajstić information content (AvgIpc) is 4.01. The van der Waals surface area contributed by atoms with E-state index in [0.717, 1.165) is 104 Å². The van der Waals surface area contributed by atoms with Gasteiger partial charge in [-0.25, -0.2) is 0 Å². The van der Waals surface area contributed by atoms with Crippen molar-refractivity contribution >= 4 is 65.6 Å². The van der Waals surface area contributed by atoms with Gasteiger partial charge in [0.05, 0.1) is 22.1 Å². The highest BCUT2D eigenvalue weighted by Crippen LogP contribution is 2.39. The van der Waals surface area contributed by atoms with Crippen molar-refractivity contribution in [1.29, 1.82) is 0 Å². The summed E-state index contributed by atoms with van der Waals surface area (Å²) < 4.78 is 10.5. The molecule has 0 N–H and O–H groups in total. The van der Waals surface area contributed by atoms with Crippen molar-refractivity contribution in [1.82, 2.24) is 24.1 Å². The second kappa shape index (κ2) is 14.0. The summed E-state index contributed by atoms with van der Waals surface area (Å²) >= 11 is 0. The molecule has 63 heavy (non-hydrogen) atoms. The summed E-state index contributed by atoms with van der Waals surface area (Å²) in [5.41, 5.74) is 13.4. The predicted molar refractivity (Wildman–Crippen MR) is 258 cm³/mol. The Balaban J connectivity index is 1.06. The summed E-state index contributed by atoms with van der Waals surface area (Å²) in [6.07, 6.45) is 0. The van der Waals surface area contributed by atoms with Gasteiger partial charge in [-0.1, -0.05) is 170 Å². The molecule has 0 aliphatic rings. The predicted octanol–water partition coefficient (Wildman–Crippen LogP) is 14.6. The minimum atomic E-state index is 0.536. The molecule has 294 valence electrons. The van der Waals surface area contributed by atoms with Gasteiger partial charge in [0.25, 0.3) is 0 Å². The van der Waals surface area contributed by atoms with Crippen LogP contribution < -0.4 is 0 Å². The van der Waals surface area contributed by atoms with E-state index in [2.05, 4.69) is 209 Å². The lowest BCUT2D eigenvalue weighted by Gasteiger charge is -2.13. The molecule has 4 heterocycles. The summed E-state index contributed by atoms with van der Waals surface area (Å²) in [6, 6.07) is 74.6. The quantitative estimate of drug-likeness (QED) is 0.168. The second-order valence-corrected chi connectivity index (χ2v) is 16.0. The fourth-order valence-electron chi connectivity index (χ4n) is 9.39. The number of nitrogens with zero attached hydrogens (tertiary/aromatic N) is 5. The molecule has 6 heteroatoms. The largest absolute Gasteiger partial charge is 0.456 e. The lowest BCUT2D eigenvalue weighted by molar-refractivity contribution is 0.669. The first-order valence-electron chi connectivity index (χ1n) is 21.2. The molecule has 0 fully saturated rings. The highest BCUT2D eigenvalue weighted by atomic mass is 16.3. The summed E-state index contributed by atoms with van der Waals surface area (Å²) in [4.78, 5) is 16.2. The van der Waals surface area contributed by atoms with E-state index < -0.39 is 0 Å². The third kappa shape index (κ3) is 5.69. The van der Waals surface area contributed by atoms with Crippen molar-refractivity contribution in [3.8, 4) is 56.7 Å². The van der Waals surface area contributed by atoms with Crippen LogP contribution in [0.15, 0.2) is 217 Å². The molecule has 0 bridgehead atoms. The third-order valence-electron chi connectivity index (χ3n) is 12.4. The molecule has 0 aliphatic carbocycles. The van der Waals surface area contributed by atoms with Gasteiger partial charge in [-0.3, -0.25) is 9.13 Å². The van der Waals surface area contributed by atoms with Crippen molar-refractivity contribution in [2.24, 2.45) is 0 Å². The van der Waals surface area contributed by atoms with Crippen molar-refractivity contribution in [3.05, 3.63) is 212 Å². The van der Waals surface area contributed by atoms with Crippen LogP contribution >= 0.6 is 0 Å². The van der Waals surface area contributed by atoms with E-state index in [9.17, 15) is 0 Å². The molecule has 6 nitrogen and oxygen atoms in total. The first-order chi connectivity index (χ1) is 31.2. The number of hydrogen-bond donors (Lipinski definition) is 0. The second-order valence-electron chi connectivity index (χ2n) is 16.0. The van der Waals surface area contributed by atoms with E-state index in [4.69, 9.17) is 19.4 Å². The zero-order valence-corrected chi connectivity index (χ0v) is 33.9. The minimum Gasteiger partial charge on any atom is -0.456 e. The summed E-state index contributed by atoms with van der Waals surface area (Å²) in [5.74, 6) is 1.66. The highest BCUT2D eigenvalue weighted by molar-refractivity contribution is 6.12. The third-order valence-corrected chi connectivity index (χ3v) is 12.4. The molecule has 0 amide bonds. The zero-order valence-electron chi connectivity index (χ0n) is 33.9. The Kier molecular flexibility index (Phi) is 7.80. The summed E-state index contributed by atoms with van der Waals surface area (Å²) in [5, 5.41) is 6.73. The number of aromatic nitrogens is 5. The van der Waals surface area contributed by atoms with E-state index in [1.165, 1.54) is 0 Å². The molecular formula is C57H35N5O. The van der Waals surface area contributed by atoms with Crippen molar-refractivity contribution in [2.75, 3.05) is 0 Å². The average molecular weight is 806 g/mol. The van der Waals surface area contributed by atoms with Crippen molar-refractivity contribution in [3.63, 3.8) is 0 Å². The van der Waals surface area contributed by atoms with Crippen LogP contribution in [-0.2, 0) is 0 Å². The van der Waals surface area contributed by atoms with Gasteiger partial charge in [-0.15, -0.1) is 0 Å². The van der Waals surface area contributed by atoms with E-state index in [1.807, 2.05) is 12.1 Å². The van der Waals surface area contributed by atoms with E-state index in [-0.39, 0.29) is 0 Å². The molecule has 13 rings (SSSR count). The molecule has 0 unspecified atom stereocenters. The van der Waals surface area contributed by atoms with Gasteiger partial charge >= 0.3 is 0 Å². The first kappa shape index (κ1) is 35.2.